The Hall–Kier alpha value is -2.71. The van der Waals surface area contributed by atoms with E-state index in [1.54, 1.807) is 0 Å². The van der Waals surface area contributed by atoms with Crippen LogP contribution in [0.3, 0.4) is 0 Å². The van der Waals surface area contributed by atoms with Gasteiger partial charge in [-0.15, -0.1) is 0 Å². The quantitative estimate of drug-likeness (QED) is 0.721. The Kier molecular flexibility index (Phi) is 6.05. The van der Waals surface area contributed by atoms with Crippen LogP contribution in [0.15, 0.2) is 91.0 Å². The molecular weight excluding hydrogens is 294 g/mol. The summed E-state index contributed by atoms with van der Waals surface area (Å²) < 4.78 is 0. The van der Waals surface area contributed by atoms with Crippen molar-refractivity contribution in [2.75, 3.05) is 0 Å². The summed E-state index contributed by atoms with van der Waals surface area (Å²) in [6.45, 7) is 3.06. The van der Waals surface area contributed by atoms with Gasteiger partial charge in [0, 0.05) is 0 Å². The van der Waals surface area contributed by atoms with E-state index in [2.05, 4.69) is 36.4 Å². The van der Waals surface area contributed by atoms with Crippen molar-refractivity contribution in [2.24, 2.45) is 5.73 Å². The standard InChI is InChI=1S/C19H17N.C3H6O/c20-19(16-10-4-1-5-11-16,17-12-6-2-7-13-17)18-14-8-3-9-15-18;1-3(2)4/h1-15H,20H2;1-2H3. The van der Waals surface area contributed by atoms with Gasteiger partial charge in [0.2, 0.25) is 0 Å². The summed E-state index contributed by atoms with van der Waals surface area (Å²) in [6, 6.07) is 30.7. The Labute approximate surface area is 144 Å². The summed E-state index contributed by atoms with van der Waals surface area (Å²) in [5, 5.41) is 0. The van der Waals surface area contributed by atoms with Crippen LogP contribution in [0.2, 0.25) is 0 Å². The van der Waals surface area contributed by atoms with Crippen molar-refractivity contribution >= 4 is 5.78 Å². The van der Waals surface area contributed by atoms with Crippen molar-refractivity contribution in [1.82, 2.24) is 0 Å². The average Bonchev–Trinajstić information content (AvgIpc) is 2.63. The third kappa shape index (κ3) is 4.18. The number of carbonyl (C=O) groups excluding carboxylic acids is 1. The molecule has 3 aromatic rings. The van der Waals surface area contributed by atoms with E-state index < -0.39 is 5.54 Å². The zero-order chi connectivity index (χ0) is 17.4. The predicted molar refractivity (Wildman–Crippen MR) is 99.8 cm³/mol. The molecule has 0 unspecified atom stereocenters. The first-order valence-electron chi connectivity index (χ1n) is 7.97. The van der Waals surface area contributed by atoms with Gasteiger partial charge in [-0.05, 0) is 30.5 Å². The molecule has 0 radical (unpaired) electrons. The van der Waals surface area contributed by atoms with E-state index in [9.17, 15) is 4.79 Å². The van der Waals surface area contributed by atoms with E-state index >= 15 is 0 Å². The molecule has 3 aromatic carbocycles. The minimum atomic E-state index is -0.621. The highest BCUT2D eigenvalue weighted by atomic mass is 16.1. The Morgan fingerprint density at radius 2 is 0.833 bits per heavy atom. The highest BCUT2D eigenvalue weighted by molar-refractivity contribution is 5.72. The van der Waals surface area contributed by atoms with Gasteiger partial charge in [0.25, 0.3) is 0 Å². The van der Waals surface area contributed by atoms with Gasteiger partial charge in [0.1, 0.15) is 5.78 Å². The molecule has 0 bridgehead atoms. The molecule has 0 aliphatic heterocycles. The third-order valence-corrected chi connectivity index (χ3v) is 3.69. The maximum absolute atomic E-state index is 9.44. The highest BCUT2D eigenvalue weighted by Crippen LogP contribution is 2.33. The third-order valence-electron chi connectivity index (χ3n) is 3.69. The van der Waals surface area contributed by atoms with Crippen LogP contribution in [0.5, 0.6) is 0 Å². The Morgan fingerprint density at radius 1 is 0.625 bits per heavy atom. The first kappa shape index (κ1) is 17.6. The smallest absolute Gasteiger partial charge is 0.126 e. The van der Waals surface area contributed by atoms with Crippen molar-refractivity contribution in [3.8, 4) is 0 Å². The molecule has 2 heteroatoms. The Balaban J connectivity index is 0.000000471. The maximum atomic E-state index is 9.44. The van der Waals surface area contributed by atoms with E-state index in [0.717, 1.165) is 16.7 Å². The van der Waals surface area contributed by atoms with Crippen molar-refractivity contribution in [3.63, 3.8) is 0 Å². The van der Waals surface area contributed by atoms with Crippen molar-refractivity contribution in [2.45, 2.75) is 19.4 Å². The van der Waals surface area contributed by atoms with Crippen LogP contribution in [0, 0.1) is 0 Å². The van der Waals surface area contributed by atoms with Gasteiger partial charge in [-0.3, -0.25) is 0 Å². The van der Waals surface area contributed by atoms with Gasteiger partial charge in [-0.1, -0.05) is 91.0 Å². The molecule has 0 atom stereocenters. The molecule has 3 rings (SSSR count). The number of ketones is 1. The lowest BCUT2D eigenvalue weighted by Gasteiger charge is -2.31. The van der Waals surface area contributed by atoms with E-state index in [4.69, 9.17) is 5.73 Å². The zero-order valence-corrected chi connectivity index (χ0v) is 14.1. The second kappa shape index (κ2) is 8.23. The van der Waals surface area contributed by atoms with Crippen molar-refractivity contribution in [3.05, 3.63) is 108 Å². The lowest BCUT2D eigenvalue weighted by Crippen LogP contribution is -2.39. The van der Waals surface area contributed by atoms with Crippen molar-refractivity contribution in [1.29, 1.82) is 0 Å². The van der Waals surface area contributed by atoms with Gasteiger partial charge >= 0.3 is 0 Å². The lowest BCUT2D eigenvalue weighted by atomic mass is 9.78. The number of hydrogen-bond donors (Lipinski definition) is 1. The largest absolute Gasteiger partial charge is 0.314 e. The van der Waals surface area contributed by atoms with E-state index in [1.165, 1.54) is 13.8 Å². The monoisotopic (exact) mass is 317 g/mol. The molecule has 2 N–H and O–H groups in total. The fourth-order valence-corrected chi connectivity index (χ4v) is 2.60. The van der Waals surface area contributed by atoms with Crippen LogP contribution in [0.4, 0.5) is 0 Å². The van der Waals surface area contributed by atoms with Gasteiger partial charge in [-0.25, -0.2) is 0 Å². The normalized spacial score (nSPS) is 10.5. The van der Waals surface area contributed by atoms with Gasteiger partial charge in [0.15, 0.2) is 0 Å². The minimum absolute atomic E-state index is 0.167. The van der Waals surface area contributed by atoms with Crippen LogP contribution >= 0.6 is 0 Å². The molecule has 122 valence electrons. The second-order valence-electron chi connectivity index (χ2n) is 5.81. The molecule has 2 nitrogen and oxygen atoms in total. The van der Waals surface area contributed by atoms with Gasteiger partial charge in [0.05, 0.1) is 5.54 Å². The molecule has 0 aliphatic carbocycles. The number of carbonyl (C=O) groups is 1. The highest BCUT2D eigenvalue weighted by Gasteiger charge is 2.31. The first-order chi connectivity index (χ1) is 11.5. The minimum Gasteiger partial charge on any atom is -0.314 e. The van der Waals surface area contributed by atoms with Crippen LogP contribution in [0.1, 0.15) is 30.5 Å². The SMILES string of the molecule is CC(C)=O.NC(c1ccccc1)(c1ccccc1)c1ccccc1. The van der Waals surface area contributed by atoms with Crippen LogP contribution in [0.25, 0.3) is 0 Å². The molecule has 0 aliphatic rings. The lowest BCUT2D eigenvalue weighted by molar-refractivity contribution is -0.114. The Bertz CT molecular complexity index is 651. The molecule has 0 saturated heterocycles. The number of Topliss-reactive ketones (excluding diaryl/α,β-unsaturated/α-hetero) is 1. The molecule has 0 spiro atoms. The molecule has 24 heavy (non-hydrogen) atoms. The average molecular weight is 317 g/mol. The maximum Gasteiger partial charge on any atom is 0.126 e. The Morgan fingerprint density at radius 3 is 1.04 bits per heavy atom. The second-order valence-corrected chi connectivity index (χ2v) is 5.81. The van der Waals surface area contributed by atoms with Crippen LogP contribution in [-0.4, -0.2) is 5.78 Å². The number of rotatable bonds is 3. The fraction of sp³-hybridized carbons (Fsp3) is 0.136. The fourth-order valence-electron chi connectivity index (χ4n) is 2.60. The van der Waals surface area contributed by atoms with Crippen molar-refractivity contribution < 1.29 is 4.79 Å². The summed E-state index contributed by atoms with van der Waals surface area (Å²) in [7, 11) is 0. The summed E-state index contributed by atoms with van der Waals surface area (Å²) in [4.78, 5) is 9.44. The molecule has 0 aromatic heterocycles. The van der Waals surface area contributed by atoms with Crippen LogP contribution in [-0.2, 0) is 10.3 Å². The van der Waals surface area contributed by atoms with E-state index in [0.29, 0.717) is 0 Å². The summed E-state index contributed by atoms with van der Waals surface area (Å²) >= 11 is 0. The molecular formula is C22H23NO. The van der Waals surface area contributed by atoms with E-state index in [1.807, 2.05) is 54.6 Å². The molecule has 0 fully saturated rings. The summed E-state index contributed by atoms with van der Waals surface area (Å²) in [5.41, 5.74) is 9.53. The van der Waals surface area contributed by atoms with Gasteiger partial charge in [-0.2, -0.15) is 0 Å². The number of hydrogen-bond acceptors (Lipinski definition) is 2. The number of nitrogens with two attached hydrogens (primary N) is 1. The predicted octanol–water partition coefficient (Wildman–Crippen LogP) is 4.53. The molecule has 0 saturated carbocycles. The molecule has 0 heterocycles. The topological polar surface area (TPSA) is 43.1 Å². The van der Waals surface area contributed by atoms with E-state index in [-0.39, 0.29) is 5.78 Å². The number of benzene rings is 3. The summed E-state index contributed by atoms with van der Waals surface area (Å²) in [5.74, 6) is 0.167. The van der Waals surface area contributed by atoms with Crippen LogP contribution < -0.4 is 5.73 Å². The molecule has 0 amide bonds. The zero-order valence-electron chi connectivity index (χ0n) is 14.1. The summed E-state index contributed by atoms with van der Waals surface area (Å²) in [6.07, 6.45) is 0. The van der Waals surface area contributed by atoms with Gasteiger partial charge < -0.3 is 10.5 Å². The first-order valence-corrected chi connectivity index (χ1v) is 7.97.